The van der Waals surface area contributed by atoms with E-state index in [1.165, 1.54) is 0 Å². The van der Waals surface area contributed by atoms with Crippen molar-refractivity contribution in [1.29, 1.82) is 0 Å². The van der Waals surface area contributed by atoms with Crippen molar-refractivity contribution in [2.45, 2.75) is 26.4 Å². The number of hydrogen-bond acceptors (Lipinski definition) is 4. The number of ether oxygens (including phenoxy) is 2. The summed E-state index contributed by atoms with van der Waals surface area (Å²) in [4.78, 5) is 14.7. The summed E-state index contributed by atoms with van der Waals surface area (Å²) in [5, 5.41) is 2.92. The number of carbonyl (C=O) groups excluding carboxylic acids is 1. The third-order valence-electron chi connectivity index (χ3n) is 4.54. The summed E-state index contributed by atoms with van der Waals surface area (Å²) in [6, 6.07) is 15.7. The minimum atomic E-state index is -0.568. The average molecular weight is 354 g/mol. The van der Waals surface area contributed by atoms with Gasteiger partial charge in [0.2, 0.25) is 0 Å². The third kappa shape index (κ3) is 4.55. The van der Waals surface area contributed by atoms with E-state index in [1.807, 2.05) is 48.5 Å². The second-order valence-electron chi connectivity index (χ2n) is 6.36. The molecule has 1 fully saturated rings. The average Bonchev–Trinajstić information content (AvgIpc) is 2.69. The highest BCUT2D eigenvalue weighted by atomic mass is 16.5. The number of aryl methyl sites for hydroxylation is 1. The Labute approximate surface area is 154 Å². The summed E-state index contributed by atoms with van der Waals surface area (Å²) in [5.74, 6) is 0.607. The Balaban J connectivity index is 1.58. The molecule has 0 saturated carbocycles. The predicted molar refractivity (Wildman–Crippen MR) is 104 cm³/mol. The van der Waals surface area contributed by atoms with Gasteiger partial charge in [-0.2, -0.15) is 0 Å². The molecule has 138 valence electrons. The van der Waals surface area contributed by atoms with Crippen molar-refractivity contribution >= 4 is 17.3 Å². The van der Waals surface area contributed by atoms with E-state index in [2.05, 4.69) is 17.1 Å². The van der Waals surface area contributed by atoms with E-state index in [0.717, 1.165) is 55.4 Å². The SMILES string of the molecule is CCc1ccccc1OC(C)C(=O)Nc1ccc(N2CCOCC2)cc1. The molecular formula is C21H26N2O3. The quantitative estimate of drug-likeness (QED) is 0.863. The fraction of sp³-hybridized carbons (Fsp3) is 0.381. The molecule has 0 aromatic heterocycles. The van der Waals surface area contributed by atoms with Crippen molar-refractivity contribution in [2.24, 2.45) is 0 Å². The highest BCUT2D eigenvalue weighted by Crippen LogP contribution is 2.21. The molecule has 5 heteroatoms. The fourth-order valence-corrected chi connectivity index (χ4v) is 2.98. The second kappa shape index (κ2) is 8.72. The predicted octanol–water partition coefficient (Wildman–Crippen LogP) is 3.49. The molecule has 5 nitrogen and oxygen atoms in total. The van der Waals surface area contributed by atoms with Gasteiger partial charge in [0.1, 0.15) is 5.75 Å². The van der Waals surface area contributed by atoms with Gasteiger partial charge in [-0.05, 0) is 49.2 Å². The Bertz CT molecular complexity index is 724. The van der Waals surface area contributed by atoms with Gasteiger partial charge in [0.25, 0.3) is 5.91 Å². The summed E-state index contributed by atoms with van der Waals surface area (Å²) in [6.45, 7) is 7.15. The van der Waals surface area contributed by atoms with Gasteiger partial charge >= 0.3 is 0 Å². The van der Waals surface area contributed by atoms with Crippen LogP contribution >= 0.6 is 0 Å². The maximum absolute atomic E-state index is 12.4. The topological polar surface area (TPSA) is 50.8 Å². The number of anilines is 2. The standard InChI is InChI=1S/C21H26N2O3/c1-3-17-6-4-5-7-20(17)26-16(2)21(24)22-18-8-10-19(11-9-18)23-12-14-25-15-13-23/h4-11,16H,3,12-15H2,1-2H3,(H,22,24). The zero-order valence-corrected chi connectivity index (χ0v) is 15.4. The number of para-hydroxylation sites is 1. The van der Waals surface area contributed by atoms with Crippen LogP contribution in [0, 0.1) is 0 Å². The number of hydrogen-bond donors (Lipinski definition) is 1. The molecule has 26 heavy (non-hydrogen) atoms. The highest BCUT2D eigenvalue weighted by Gasteiger charge is 2.17. The summed E-state index contributed by atoms with van der Waals surface area (Å²) in [6.07, 6.45) is 0.301. The van der Waals surface area contributed by atoms with Crippen LogP contribution in [-0.2, 0) is 16.0 Å². The van der Waals surface area contributed by atoms with Crippen LogP contribution in [0.25, 0.3) is 0 Å². The minimum Gasteiger partial charge on any atom is -0.481 e. The van der Waals surface area contributed by atoms with Gasteiger partial charge in [-0.3, -0.25) is 4.79 Å². The molecule has 0 bridgehead atoms. The Morgan fingerprint density at radius 2 is 1.85 bits per heavy atom. The van der Waals surface area contributed by atoms with Crippen molar-refractivity contribution in [3.63, 3.8) is 0 Å². The lowest BCUT2D eigenvalue weighted by Crippen LogP contribution is -2.36. The van der Waals surface area contributed by atoms with Crippen molar-refractivity contribution in [2.75, 3.05) is 36.5 Å². The van der Waals surface area contributed by atoms with Crippen LogP contribution in [0.5, 0.6) is 5.75 Å². The van der Waals surface area contributed by atoms with Crippen LogP contribution in [0.2, 0.25) is 0 Å². The first-order chi connectivity index (χ1) is 12.7. The lowest BCUT2D eigenvalue weighted by atomic mass is 10.1. The Kier molecular flexibility index (Phi) is 6.12. The van der Waals surface area contributed by atoms with E-state index in [4.69, 9.17) is 9.47 Å². The Morgan fingerprint density at radius 1 is 1.15 bits per heavy atom. The summed E-state index contributed by atoms with van der Waals surface area (Å²) < 4.78 is 11.2. The van der Waals surface area contributed by atoms with Crippen LogP contribution in [0.4, 0.5) is 11.4 Å². The molecule has 3 rings (SSSR count). The first kappa shape index (κ1) is 18.3. The molecule has 1 saturated heterocycles. The minimum absolute atomic E-state index is 0.157. The van der Waals surface area contributed by atoms with Crippen LogP contribution in [0.1, 0.15) is 19.4 Å². The number of rotatable bonds is 6. The van der Waals surface area contributed by atoms with Crippen LogP contribution in [0.3, 0.4) is 0 Å². The van der Waals surface area contributed by atoms with Crippen molar-refractivity contribution in [1.82, 2.24) is 0 Å². The van der Waals surface area contributed by atoms with Crippen molar-refractivity contribution < 1.29 is 14.3 Å². The zero-order chi connectivity index (χ0) is 18.4. The normalized spacial score (nSPS) is 15.4. The van der Waals surface area contributed by atoms with Crippen LogP contribution in [0.15, 0.2) is 48.5 Å². The Morgan fingerprint density at radius 3 is 2.54 bits per heavy atom. The third-order valence-corrected chi connectivity index (χ3v) is 4.54. The molecule has 1 amide bonds. The zero-order valence-electron chi connectivity index (χ0n) is 15.4. The van der Waals surface area contributed by atoms with Gasteiger partial charge in [0.05, 0.1) is 13.2 Å². The number of carbonyl (C=O) groups is 1. The Hall–Kier alpha value is -2.53. The molecule has 1 heterocycles. The summed E-state index contributed by atoms with van der Waals surface area (Å²) in [7, 11) is 0. The molecule has 1 aliphatic rings. The van der Waals surface area contributed by atoms with E-state index in [1.54, 1.807) is 6.92 Å². The van der Waals surface area contributed by atoms with Gasteiger partial charge in [0, 0.05) is 24.5 Å². The monoisotopic (exact) mass is 354 g/mol. The van der Waals surface area contributed by atoms with Gasteiger partial charge in [0.15, 0.2) is 6.10 Å². The molecule has 1 N–H and O–H groups in total. The first-order valence-electron chi connectivity index (χ1n) is 9.15. The van der Waals surface area contributed by atoms with Crippen molar-refractivity contribution in [3.05, 3.63) is 54.1 Å². The van der Waals surface area contributed by atoms with E-state index in [9.17, 15) is 4.79 Å². The number of benzene rings is 2. The smallest absolute Gasteiger partial charge is 0.265 e. The molecule has 1 unspecified atom stereocenters. The van der Waals surface area contributed by atoms with E-state index in [-0.39, 0.29) is 5.91 Å². The molecule has 0 radical (unpaired) electrons. The number of nitrogens with one attached hydrogen (secondary N) is 1. The van der Waals surface area contributed by atoms with Crippen LogP contribution < -0.4 is 15.0 Å². The van der Waals surface area contributed by atoms with Crippen molar-refractivity contribution in [3.8, 4) is 5.75 Å². The molecule has 1 aliphatic heterocycles. The molecule has 0 spiro atoms. The molecular weight excluding hydrogens is 328 g/mol. The summed E-state index contributed by atoms with van der Waals surface area (Å²) >= 11 is 0. The van der Waals surface area contributed by atoms with E-state index >= 15 is 0 Å². The number of amides is 1. The lowest BCUT2D eigenvalue weighted by molar-refractivity contribution is -0.122. The lowest BCUT2D eigenvalue weighted by Gasteiger charge is -2.29. The highest BCUT2D eigenvalue weighted by molar-refractivity contribution is 5.94. The summed E-state index contributed by atoms with van der Waals surface area (Å²) in [5.41, 5.74) is 3.01. The van der Waals surface area contributed by atoms with Crippen LogP contribution in [-0.4, -0.2) is 38.3 Å². The fourth-order valence-electron chi connectivity index (χ4n) is 2.98. The van der Waals surface area contributed by atoms with Gasteiger partial charge < -0.3 is 19.7 Å². The number of morpholine rings is 1. The van der Waals surface area contributed by atoms with Gasteiger partial charge in [-0.25, -0.2) is 0 Å². The first-order valence-corrected chi connectivity index (χ1v) is 9.15. The molecule has 2 aromatic rings. The maximum atomic E-state index is 12.4. The largest absolute Gasteiger partial charge is 0.481 e. The van der Waals surface area contributed by atoms with E-state index < -0.39 is 6.10 Å². The number of nitrogens with zero attached hydrogens (tertiary/aromatic N) is 1. The molecule has 1 atom stereocenters. The van der Waals surface area contributed by atoms with Gasteiger partial charge in [-0.15, -0.1) is 0 Å². The molecule has 2 aromatic carbocycles. The van der Waals surface area contributed by atoms with Gasteiger partial charge in [-0.1, -0.05) is 25.1 Å². The molecule has 0 aliphatic carbocycles. The van der Waals surface area contributed by atoms with E-state index in [0.29, 0.717) is 0 Å². The second-order valence-corrected chi connectivity index (χ2v) is 6.36. The maximum Gasteiger partial charge on any atom is 0.265 e.